The molecule has 0 spiro atoms. The number of rotatable bonds is 5. The molecule has 0 unspecified atom stereocenters. The molecule has 1 heterocycles. The highest BCUT2D eigenvalue weighted by atomic mass is 19.1. The Morgan fingerprint density at radius 1 is 1.38 bits per heavy atom. The van der Waals surface area contributed by atoms with Crippen molar-refractivity contribution in [2.24, 2.45) is 0 Å². The van der Waals surface area contributed by atoms with Gasteiger partial charge in [-0.3, -0.25) is 9.69 Å². The van der Waals surface area contributed by atoms with E-state index >= 15 is 0 Å². The molecule has 5 nitrogen and oxygen atoms in total. The summed E-state index contributed by atoms with van der Waals surface area (Å²) in [5.41, 5.74) is 0.0697. The maximum atomic E-state index is 13.7. The van der Waals surface area contributed by atoms with Gasteiger partial charge in [0.25, 0.3) is 5.91 Å². The first kappa shape index (κ1) is 18.7. The molecule has 0 aliphatic carbocycles. The van der Waals surface area contributed by atoms with Crippen LogP contribution < -0.4 is 10.1 Å². The zero-order valence-corrected chi connectivity index (χ0v) is 15.1. The molecule has 0 saturated carbocycles. The van der Waals surface area contributed by atoms with Crippen molar-refractivity contribution in [3.63, 3.8) is 0 Å². The lowest BCUT2D eigenvalue weighted by molar-refractivity contribution is -0.0948. The molecule has 1 amide bonds. The first-order valence-electron chi connectivity index (χ1n) is 8.25. The van der Waals surface area contributed by atoms with Gasteiger partial charge in [0.05, 0.1) is 19.3 Å². The second-order valence-corrected chi connectivity index (χ2v) is 7.01. The lowest BCUT2D eigenvalue weighted by Gasteiger charge is -2.45. The van der Waals surface area contributed by atoms with Crippen molar-refractivity contribution in [3.8, 4) is 5.75 Å². The molecule has 1 N–H and O–H groups in total. The van der Waals surface area contributed by atoms with E-state index in [-0.39, 0.29) is 35.0 Å². The largest absolute Gasteiger partial charge is 0.494 e. The normalized spacial score (nSPS) is 22.2. The second kappa shape index (κ2) is 7.49. The van der Waals surface area contributed by atoms with Crippen LogP contribution in [0.1, 0.15) is 38.1 Å². The van der Waals surface area contributed by atoms with E-state index in [9.17, 15) is 9.18 Å². The van der Waals surface area contributed by atoms with Crippen molar-refractivity contribution in [1.82, 2.24) is 10.2 Å². The van der Waals surface area contributed by atoms with Crippen molar-refractivity contribution in [3.05, 3.63) is 29.6 Å². The van der Waals surface area contributed by atoms with E-state index in [1.807, 2.05) is 0 Å². The first-order valence-corrected chi connectivity index (χ1v) is 8.25. The molecule has 1 saturated heterocycles. The minimum absolute atomic E-state index is 0.128. The number of ether oxygens (including phenoxy) is 2. The van der Waals surface area contributed by atoms with Gasteiger partial charge in [0.1, 0.15) is 0 Å². The predicted octanol–water partition coefficient (Wildman–Crippen LogP) is 2.45. The fourth-order valence-electron chi connectivity index (χ4n) is 2.99. The summed E-state index contributed by atoms with van der Waals surface area (Å²) in [7, 11) is 1.39. The van der Waals surface area contributed by atoms with Crippen LogP contribution in [-0.2, 0) is 4.74 Å². The first-order chi connectivity index (χ1) is 11.2. The van der Waals surface area contributed by atoms with Crippen LogP contribution in [0, 0.1) is 5.82 Å². The van der Waals surface area contributed by atoms with Gasteiger partial charge in [0.15, 0.2) is 11.6 Å². The van der Waals surface area contributed by atoms with Crippen LogP contribution in [-0.4, -0.2) is 55.3 Å². The van der Waals surface area contributed by atoms with E-state index in [0.717, 1.165) is 13.1 Å². The van der Waals surface area contributed by atoms with Crippen molar-refractivity contribution >= 4 is 5.91 Å². The summed E-state index contributed by atoms with van der Waals surface area (Å²) in [5, 5.41) is 2.90. The molecule has 2 atom stereocenters. The van der Waals surface area contributed by atoms with Crippen molar-refractivity contribution in [2.75, 3.05) is 26.7 Å². The monoisotopic (exact) mass is 338 g/mol. The number of nitrogens with zero attached hydrogens (tertiary/aromatic N) is 1. The molecule has 0 bridgehead atoms. The molecule has 6 heteroatoms. The second-order valence-electron chi connectivity index (χ2n) is 7.01. The number of methoxy groups -OCH3 is 1. The third-order valence-electron chi connectivity index (χ3n) is 4.37. The van der Waals surface area contributed by atoms with Crippen molar-refractivity contribution in [2.45, 2.75) is 45.4 Å². The summed E-state index contributed by atoms with van der Waals surface area (Å²) < 4.78 is 24.4. The quantitative estimate of drug-likeness (QED) is 0.896. The number of nitrogens with one attached hydrogen (secondary N) is 1. The van der Waals surface area contributed by atoms with Crippen LogP contribution >= 0.6 is 0 Å². The van der Waals surface area contributed by atoms with Crippen LogP contribution in [0.15, 0.2) is 18.2 Å². The summed E-state index contributed by atoms with van der Waals surface area (Å²) in [5.74, 6) is -0.706. The Hall–Kier alpha value is -1.66. The van der Waals surface area contributed by atoms with E-state index in [2.05, 4.69) is 37.9 Å². The SMILES string of the molecule is COc1ccc(C(=O)NCC(C)(C)N2C[C@@H](C)O[C@H](C)C2)cc1F. The van der Waals surface area contributed by atoms with Crippen LogP contribution in [0.3, 0.4) is 0 Å². The number of morpholine rings is 1. The fraction of sp³-hybridized carbons (Fsp3) is 0.611. The third-order valence-corrected chi connectivity index (χ3v) is 4.37. The van der Waals surface area contributed by atoms with Gasteiger partial charge in [-0.05, 0) is 45.9 Å². The number of carbonyl (C=O) groups is 1. The Morgan fingerprint density at radius 2 is 2.00 bits per heavy atom. The highest BCUT2D eigenvalue weighted by Gasteiger charge is 2.33. The fourth-order valence-corrected chi connectivity index (χ4v) is 2.99. The van der Waals surface area contributed by atoms with Gasteiger partial charge in [-0.1, -0.05) is 0 Å². The maximum absolute atomic E-state index is 13.7. The summed E-state index contributed by atoms with van der Waals surface area (Å²) >= 11 is 0. The Labute approximate surface area is 143 Å². The van der Waals surface area contributed by atoms with Gasteiger partial charge in [-0.25, -0.2) is 4.39 Å². The lowest BCUT2D eigenvalue weighted by Crippen LogP contribution is -2.58. The average Bonchev–Trinajstić information content (AvgIpc) is 2.51. The minimum Gasteiger partial charge on any atom is -0.494 e. The molecule has 1 aliphatic heterocycles. The molecule has 1 aromatic rings. The summed E-state index contributed by atoms with van der Waals surface area (Å²) in [6.07, 6.45) is 0.332. The Bertz CT molecular complexity index is 582. The Balaban J connectivity index is 1.98. The van der Waals surface area contributed by atoms with Gasteiger partial charge < -0.3 is 14.8 Å². The molecule has 0 radical (unpaired) electrons. The van der Waals surface area contributed by atoms with Gasteiger partial charge in [-0.2, -0.15) is 0 Å². The average molecular weight is 338 g/mol. The molecular weight excluding hydrogens is 311 g/mol. The molecular formula is C18H27FN2O3. The highest BCUT2D eigenvalue weighted by Crippen LogP contribution is 2.21. The number of carbonyl (C=O) groups excluding carboxylic acids is 1. The highest BCUT2D eigenvalue weighted by molar-refractivity contribution is 5.94. The van der Waals surface area contributed by atoms with E-state index in [4.69, 9.17) is 9.47 Å². The van der Waals surface area contributed by atoms with Gasteiger partial charge in [0.2, 0.25) is 0 Å². The third kappa shape index (κ3) is 4.45. The Morgan fingerprint density at radius 3 is 2.54 bits per heavy atom. The van der Waals surface area contributed by atoms with Crippen LogP contribution in [0.4, 0.5) is 4.39 Å². The van der Waals surface area contributed by atoms with E-state index in [1.54, 1.807) is 6.07 Å². The lowest BCUT2D eigenvalue weighted by atomic mass is 10.00. The van der Waals surface area contributed by atoms with E-state index in [1.165, 1.54) is 19.2 Å². The van der Waals surface area contributed by atoms with Crippen molar-refractivity contribution in [1.29, 1.82) is 0 Å². The van der Waals surface area contributed by atoms with Crippen LogP contribution in [0.2, 0.25) is 0 Å². The number of benzene rings is 1. The van der Waals surface area contributed by atoms with Crippen LogP contribution in [0.25, 0.3) is 0 Å². The summed E-state index contributed by atoms with van der Waals surface area (Å²) in [6.45, 7) is 10.4. The minimum atomic E-state index is -0.541. The molecule has 1 aliphatic rings. The molecule has 24 heavy (non-hydrogen) atoms. The molecule has 1 fully saturated rings. The van der Waals surface area contributed by atoms with Crippen molar-refractivity contribution < 1.29 is 18.7 Å². The number of amides is 1. The van der Waals surface area contributed by atoms with E-state index in [0.29, 0.717) is 6.54 Å². The van der Waals surface area contributed by atoms with Gasteiger partial charge in [0, 0.05) is 30.7 Å². The van der Waals surface area contributed by atoms with Crippen LogP contribution in [0.5, 0.6) is 5.75 Å². The maximum Gasteiger partial charge on any atom is 0.251 e. The molecule has 1 aromatic carbocycles. The number of halogens is 1. The zero-order chi connectivity index (χ0) is 17.9. The standard InChI is InChI=1S/C18H27FN2O3/c1-12-9-21(10-13(2)24-12)18(3,4)11-20-17(22)14-6-7-16(23-5)15(19)8-14/h6-8,12-13H,9-11H2,1-5H3,(H,20,22)/t12-,13-/m1/s1. The van der Waals surface area contributed by atoms with Gasteiger partial charge in [-0.15, -0.1) is 0 Å². The number of hydrogen-bond donors (Lipinski definition) is 1. The molecule has 2 rings (SSSR count). The topological polar surface area (TPSA) is 50.8 Å². The van der Waals surface area contributed by atoms with Gasteiger partial charge >= 0.3 is 0 Å². The molecule has 0 aromatic heterocycles. The summed E-state index contributed by atoms with van der Waals surface area (Å²) in [6, 6.07) is 4.21. The molecule has 134 valence electrons. The summed E-state index contributed by atoms with van der Waals surface area (Å²) in [4.78, 5) is 14.6. The number of hydrogen-bond acceptors (Lipinski definition) is 4. The zero-order valence-electron chi connectivity index (χ0n) is 15.1. The predicted molar refractivity (Wildman–Crippen MR) is 90.9 cm³/mol. The Kier molecular flexibility index (Phi) is 5.83. The smallest absolute Gasteiger partial charge is 0.251 e. The van der Waals surface area contributed by atoms with E-state index < -0.39 is 5.82 Å².